The molecule has 0 aliphatic carbocycles. The molecule has 0 amide bonds. The molecule has 0 saturated carbocycles. The summed E-state index contributed by atoms with van der Waals surface area (Å²) in [5.74, 6) is 0.344. The van der Waals surface area contributed by atoms with E-state index in [4.69, 9.17) is 21.9 Å². The van der Waals surface area contributed by atoms with Crippen LogP contribution >= 0.6 is 11.6 Å². The summed E-state index contributed by atoms with van der Waals surface area (Å²) in [5.41, 5.74) is 8.05. The number of azide groups is 1. The highest BCUT2D eigenvalue weighted by atomic mass is 35.5. The smallest absolute Gasteiger partial charge is 0.264 e. The van der Waals surface area contributed by atoms with Gasteiger partial charge in [-0.2, -0.15) is 0 Å². The van der Waals surface area contributed by atoms with E-state index in [9.17, 15) is 8.42 Å². The van der Waals surface area contributed by atoms with Gasteiger partial charge in [0.1, 0.15) is 5.75 Å². The molecule has 0 fully saturated rings. The third-order valence-corrected chi connectivity index (χ3v) is 3.00. The second-order valence-electron chi connectivity index (χ2n) is 2.44. The molecular formula is C7H6ClN3O3S. The van der Waals surface area contributed by atoms with Crippen LogP contribution in [0.3, 0.4) is 0 Å². The van der Waals surface area contributed by atoms with E-state index >= 15 is 0 Å². The zero-order chi connectivity index (χ0) is 11.5. The summed E-state index contributed by atoms with van der Waals surface area (Å²) in [4.78, 5) is 2.04. The number of hydrogen-bond donors (Lipinski definition) is 0. The van der Waals surface area contributed by atoms with Gasteiger partial charge in [0.05, 0.1) is 17.0 Å². The molecule has 1 aromatic rings. The monoisotopic (exact) mass is 247 g/mol. The Morgan fingerprint density at radius 3 is 2.67 bits per heavy atom. The van der Waals surface area contributed by atoms with E-state index in [1.807, 2.05) is 0 Å². The Kier molecular flexibility index (Phi) is 3.41. The molecule has 0 unspecified atom stereocenters. The Morgan fingerprint density at radius 2 is 2.20 bits per heavy atom. The van der Waals surface area contributed by atoms with Crippen molar-refractivity contribution in [2.45, 2.75) is 4.90 Å². The molecule has 6 nitrogen and oxygen atoms in total. The first-order valence-corrected chi connectivity index (χ1v) is 5.48. The van der Waals surface area contributed by atoms with Crippen LogP contribution in [-0.4, -0.2) is 15.5 Å². The van der Waals surface area contributed by atoms with Crippen LogP contribution in [0.1, 0.15) is 0 Å². The summed E-state index contributed by atoms with van der Waals surface area (Å²) in [6, 6.07) is 3.78. The fourth-order valence-electron chi connectivity index (χ4n) is 0.903. The van der Waals surface area contributed by atoms with Gasteiger partial charge in [-0.15, -0.1) is 0 Å². The van der Waals surface area contributed by atoms with Crippen molar-refractivity contribution in [2.24, 2.45) is 4.52 Å². The largest absolute Gasteiger partial charge is 0.495 e. The maximum atomic E-state index is 11.3. The van der Waals surface area contributed by atoms with Gasteiger partial charge in [-0.05, 0) is 23.7 Å². The van der Waals surface area contributed by atoms with Crippen LogP contribution in [0.2, 0.25) is 5.02 Å². The Bertz CT molecular complexity index is 522. The Morgan fingerprint density at radius 1 is 1.53 bits per heavy atom. The lowest BCUT2D eigenvalue weighted by molar-refractivity contribution is 0.414. The number of benzene rings is 1. The normalized spacial score (nSPS) is 10.5. The third-order valence-electron chi connectivity index (χ3n) is 1.57. The molecule has 1 rings (SSSR count). The quantitative estimate of drug-likeness (QED) is 0.466. The molecule has 0 saturated heterocycles. The maximum absolute atomic E-state index is 11.3. The minimum Gasteiger partial charge on any atom is -0.495 e. The third kappa shape index (κ3) is 2.53. The van der Waals surface area contributed by atoms with Crippen molar-refractivity contribution >= 4 is 21.6 Å². The Balaban J connectivity index is 3.30. The van der Waals surface area contributed by atoms with Crippen molar-refractivity contribution in [3.05, 3.63) is 33.7 Å². The minimum absolute atomic E-state index is 0.131. The first kappa shape index (κ1) is 11.6. The summed E-state index contributed by atoms with van der Waals surface area (Å²) in [6.45, 7) is 0. The molecule has 0 bridgehead atoms. The molecule has 80 valence electrons. The van der Waals surface area contributed by atoms with Crippen molar-refractivity contribution in [1.82, 2.24) is 0 Å². The van der Waals surface area contributed by atoms with Gasteiger partial charge >= 0.3 is 0 Å². The van der Waals surface area contributed by atoms with Crippen molar-refractivity contribution in [3.63, 3.8) is 0 Å². The van der Waals surface area contributed by atoms with Crippen molar-refractivity contribution < 1.29 is 13.2 Å². The number of methoxy groups -OCH3 is 1. The van der Waals surface area contributed by atoms with Gasteiger partial charge < -0.3 is 4.74 Å². The summed E-state index contributed by atoms with van der Waals surface area (Å²) < 4.78 is 30.0. The molecule has 1 aromatic carbocycles. The number of rotatable bonds is 3. The lowest BCUT2D eigenvalue weighted by Crippen LogP contribution is -1.95. The van der Waals surface area contributed by atoms with Crippen molar-refractivity contribution in [3.8, 4) is 5.75 Å². The van der Waals surface area contributed by atoms with Crippen LogP contribution in [0.25, 0.3) is 10.4 Å². The summed E-state index contributed by atoms with van der Waals surface area (Å²) in [5, 5.41) is 0.131. The van der Waals surface area contributed by atoms with Gasteiger partial charge in [-0.1, -0.05) is 11.6 Å². The van der Waals surface area contributed by atoms with E-state index in [0.29, 0.717) is 5.75 Å². The molecular weight excluding hydrogens is 242 g/mol. The van der Waals surface area contributed by atoms with Gasteiger partial charge in [-0.3, -0.25) is 0 Å². The van der Waals surface area contributed by atoms with E-state index in [1.54, 1.807) is 0 Å². The van der Waals surface area contributed by atoms with Gasteiger partial charge in [0.2, 0.25) is 0 Å². The average molecular weight is 248 g/mol. The van der Waals surface area contributed by atoms with E-state index in [-0.39, 0.29) is 9.92 Å². The number of nitrogens with zero attached hydrogens (tertiary/aromatic N) is 3. The highest BCUT2D eigenvalue weighted by molar-refractivity contribution is 7.90. The Labute approximate surface area is 91.1 Å². The fourth-order valence-corrected chi connectivity index (χ4v) is 1.92. The molecule has 15 heavy (non-hydrogen) atoms. The van der Waals surface area contributed by atoms with Crippen LogP contribution in [0.5, 0.6) is 5.75 Å². The van der Waals surface area contributed by atoms with Crippen LogP contribution in [-0.2, 0) is 10.0 Å². The Hall–Kier alpha value is -1.43. The minimum atomic E-state index is -3.99. The van der Waals surface area contributed by atoms with Crippen molar-refractivity contribution in [1.29, 1.82) is 0 Å². The van der Waals surface area contributed by atoms with Gasteiger partial charge in [-0.25, -0.2) is 8.42 Å². The average Bonchev–Trinajstić information content (AvgIpc) is 2.17. The van der Waals surface area contributed by atoms with E-state index in [1.165, 1.54) is 19.2 Å². The zero-order valence-corrected chi connectivity index (χ0v) is 9.16. The number of sulfonamides is 1. The van der Waals surface area contributed by atoms with Crippen LogP contribution in [0, 0.1) is 0 Å². The first-order chi connectivity index (χ1) is 7.01. The standard InChI is InChI=1S/C7H6ClN3O3S/c1-14-7-3-2-5(4-6(7)8)15(12,13)11-10-9/h2-4H,1H3. The molecule has 0 heterocycles. The van der Waals surface area contributed by atoms with Crippen molar-refractivity contribution in [2.75, 3.05) is 7.11 Å². The molecule has 0 radical (unpaired) electrons. The maximum Gasteiger partial charge on any atom is 0.264 e. The SMILES string of the molecule is COc1ccc(S(=O)(=O)N=[N+]=[N-])cc1Cl. The zero-order valence-electron chi connectivity index (χ0n) is 7.58. The van der Waals surface area contributed by atoms with E-state index in [0.717, 1.165) is 6.07 Å². The summed E-state index contributed by atoms with van der Waals surface area (Å²) in [6.07, 6.45) is 0. The predicted octanol–water partition coefficient (Wildman–Crippen LogP) is 2.35. The summed E-state index contributed by atoms with van der Waals surface area (Å²) >= 11 is 5.71. The highest BCUT2D eigenvalue weighted by Gasteiger charge is 2.13. The number of ether oxygens (including phenoxy) is 1. The summed E-state index contributed by atoms with van der Waals surface area (Å²) in [7, 11) is -2.58. The van der Waals surface area contributed by atoms with Crippen LogP contribution < -0.4 is 4.74 Å². The second-order valence-corrected chi connectivity index (χ2v) is 4.43. The molecule has 0 aromatic heterocycles. The lowest BCUT2D eigenvalue weighted by atomic mass is 10.3. The molecule has 0 aliphatic rings. The van der Waals surface area contributed by atoms with E-state index in [2.05, 4.69) is 9.43 Å². The second kappa shape index (κ2) is 4.39. The number of halogens is 1. The van der Waals surface area contributed by atoms with Crippen LogP contribution in [0.15, 0.2) is 27.6 Å². The van der Waals surface area contributed by atoms with Gasteiger partial charge in [0.15, 0.2) is 0 Å². The molecule has 0 aliphatic heterocycles. The molecule has 0 spiro atoms. The van der Waals surface area contributed by atoms with Gasteiger partial charge in [0, 0.05) is 9.43 Å². The van der Waals surface area contributed by atoms with Gasteiger partial charge in [0.25, 0.3) is 10.0 Å². The highest BCUT2D eigenvalue weighted by Crippen LogP contribution is 2.27. The molecule has 0 N–H and O–H groups in total. The van der Waals surface area contributed by atoms with E-state index < -0.39 is 10.0 Å². The molecule has 0 atom stereocenters. The lowest BCUT2D eigenvalue weighted by Gasteiger charge is -2.03. The first-order valence-electron chi connectivity index (χ1n) is 3.66. The topological polar surface area (TPSA) is 92.1 Å². The molecule has 8 heteroatoms. The number of hydrogen-bond acceptors (Lipinski definition) is 3. The fraction of sp³-hybridized carbons (Fsp3) is 0.143. The van der Waals surface area contributed by atoms with Crippen LogP contribution in [0.4, 0.5) is 0 Å². The predicted molar refractivity (Wildman–Crippen MR) is 54.3 cm³/mol.